The number of fused-ring (bicyclic) bond motifs is 1. The van der Waals surface area contributed by atoms with E-state index in [0.717, 1.165) is 6.07 Å². The van der Waals surface area contributed by atoms with Gasteiger partial charge in [-0.3, -0.25) is 9.35 Å². The summed E-state index contributed by atoms with van der Waals surface area (Å²) in [5.74, 6) is -0.656. The summed E-state index contributed by atoms with van der Waals surface area (Å²) in [7, 11) is -4.46. The van der Waals surface area contributed by atoms with E-state index in [-0.39, 0.29) is 11.7 Å². The lowest BCUT2D eigenvalue weighted by atomic mass is 10.1. The van der Waals surface area contributed by atoms with Crippen molar-refractivity contribution in [3.63, 3.8) is 0 Å². The first-order valence-corrected chi connectivity index (χ1v) is 8.71. The van der Waals surface area contributed by atoms with E-state index in [1.807, 2.05) is 0 Å². The Balaban J connectivity index is 2.45. The van der Waals surface area contributed by atoms with Crippen molar-refractivity contribution in [1.29, 1.82) is 0 Å². The Bertz CT molecular complexity index is 1000. The lowest BCUT2D eigenvalue weighted by molar-refractivity contribution is -0.112. The van der Waals surface area contributed by atoms with Crippen LogP contribution in [-0.4, -0.2) is 24.0 Å². The maximum Gasteiger partial charge on any atom is 0.294 e. The number of allylic oxidation sites excluding steroid dienone is 3. The highest BCUT2D eigenvalue weighted by atomic mass is 32.2. The number of phenolic OH excluding ortho intramolecular Hbond substituents is 1. The highest BCUT2D eigenvalue weighted by Crippen LogP contribution is 2.30. The lowest BCUT2D eigenvalue weighted by Crippen LogP contribution is -2.13. The summed E-state index contributed by atoms with van der Waals surface area (Å²) in [6, 6.07) is 6.80. The van der Waals surface area contributed by atoms with E-state index in [1.165, 1.54) is 18.2 Å². The first-order chi connectivity index (χ1) is 11.8. The summed E-state index contributed by atoms with van der Waals surface area (Å²) in [5.41, 5.74) is 0.802. The molecule has 0 fully saturated rings. The second-order valence-corrected chi connectivity index (χ2v) is 6.59. The van der Waals surface area contributed by atoms with E-state index in [4.69, 9.17) is 4.55 Å². The molecule has 0 radical (unpaired) electrons. The molecule has 0 aliphatic heterocycles. The zero-order valence-corrected chi connectivity index (χ0v) is 14.2. The number of phenols is 1. The van der Waals surface area contributed by atoms with E-state index in [9.17, 15) is 18.3 Å². The van der Waals surface area contributed by atoms with Gasteiger partial charge in [0, 0.05) is 22.7 Å². The van der Waals surface area contributed by atoms with E-state index in [0.29, 0.717) is 22.0 Å². The molecule has 0 aliphatic rings. The van der Waals surface area contributed by atoms with Gasteiger partial charge in [0.1, 0.15) is 5.75 Å². The first kappa shape index (κ1) is 18.4. The van der Waals surface area contributed by atoms with Crippen LogP contribution >= 0.6 is 0 Å². The van der Waals surface area contributed by atoms with E-state index in [1.54, 1.807) is 37.3 Å². The smallest absolute Gasteiger partial charge is 0.294 e. The van der Waals surface area contributed by atoms with Crippen molar-refractivity contribution in [2.45, 2.75) is 11.8 Å². The number of benzene rings is 2. The van der Waals surface area contributed by atoms with Gasteiger partial charge < -0.3 is 10.4 Å². The predicted molar refractivity (Wildman–Crippen MR) is 97.2 cm³/mol. The van der Waals surface area contributed by atoms with Crippen molar-refractivity contribution < 1.29 is 22.9 Å². The largest absolute Gasteiger partial charge is 0.507 e. The van der Waals surface area contributed by atoms with Crippen LogP contribution < -0.4 is 5.32 Å². The molecule has 130 valence electrons. The predicted octanol–water partition coefficient (Wildman–Crippen LogP) is 3.42. The van der Waals surface area contributed by atoms with Crippen molar-refractivity contribution >= 4 is 32.5 Å². The van der Waals surface area contributed by atoms with Gasteiger partial charge in [-0.15, -0.1) is 0 Å². The molecular weight excluding hydrogens is 342 g/mol. The summed E-state index contributed by atoms with van der Waals surface area (Å²) in [4.78, 5) is 11.8. The highest BCUT2D eigenvalue weighted by Gasteiger charge is 2.14. The Kier molecular flexibility index (Phi) is 5.41. The zero-order valence-electron chi connectivity index (χ0n) is 13.4. The van der Waals surface area contributed by atoms with Crippen LogP contribution in [0.2, 0.25) is 0 Å². The normalized spacial score (nSPS) is 12.5. The van der Waals surface area contributed by atoms with E-state index >= 15 is 0 Å². The molecule has 2 aromatic carbocycles. The Labute approximate surface area is 145 Å². The van der Waals surface area contributed by atoms with E-state index in [2.05, 4.69) is 11.9 Å². The highest BCUT2D eigenvalue weighted by molar-refractivity contribution is 7.85. The number of carbonyl (C=O) groups excluding carboxylic acids is 1. The molecule has 2 rings (SSSR count). The molecule has 6 nitrogen and oxygen atoms in total. The maximum atomic E-state index is 12.3. The average molecular weight is 359 g/mol. The number of rotatable bonds is 5. The van der Waals surface area contributed by atoms with Crippen molar-refractivity contribution in [2.24, 2.45) is 0 Å². The number of anilines is 1. The lowest BCUT2D eigenvalue weighted by Gasteiger charge is -2.09. The maximum absolute atomic E-state index is 12.3. The van der Waals surface area contributed by atoms with Crippen LogP contribution in [-0.2, 0) is 14.9 Å². The topological polar surface area (TPSA) is 104 Å². The molecule has 0 unspecified atom stereocenters. The van der Waals surface area contributed by atoms with Gasteiger partial charge in [-0.25, -0.2) is 0 Å². The van der Waals surface area contributed by atoms with Crippen LogP contribution in [0.15, 0.2) is 71.7 Å². The number of hydrogen-bond acceptors (Lipinski definition) is 4. The van der Waals surface area contributed by atoms with Crippen LogP contribution in [0.3, 0.4) is 0 Å². The van der Waals surface area contributed by atoms with Gasteiger partial charge in [0.2, 0.25) is 0 Å². The molecule has 0 atom stereocenters. The molecule has 25 heavy (non-hydrogen) atoms. The zero-order chi connectivity index (χ0) is 18.6. The molecule has 7 heteroatoms. The molecule has 0 spiro atoms. The van der Waals surface area contributed by atoms with Gasteiger partial charge in [0.15, 0.2) is 0 Å². The third kappa shape index (κ3) is 4.34. The summed E-state index contributed by atoms with van der Waals surface area (Å²) in [6.07, 6.45) is 6.39. The second kappa shape index (κ2) is 7.33. The fourth-order valence-corrected chi connectivity index (χ4v) is 2.80. The summed E-state index contributed by atoms with van der Waals surface area (Å²) in [5, 5.41) is 13.3. The number of hydrogen-bond donors (Lipinski definition) is 3. The monoisotopic (exact) mass is 359 g/mol. The molecule has 1 amide bonds. The first-order valence-electron chi connectivity index (χ1n) is 7.27. The third-order valence-corrected chi connectivity index (χ3v) is 4.20. The quantitative estimate of drug-likeness (QED) is 0.431. The number of carbonyl (C=O) groups is 1. The Hall–Kier alpha value is -2.90. The molecule has 0 heterocycles. The number of nitrogens with one attached hydrogen (secondary N) is 1. The summed E-state index contributed by atoms with van der Waals surface area (Å²) in [6.45, 7) is 5.33. The molecule has 3 N–H and O–H groups in total. The Morgan fingerprint density at radius 3 is 2.56 bits per heavy atom. The van der Waals surface area contributed by atoms with Crippen molar-refractivity contribution in [3.8, 4) is 5.75 Å². The van der Waals surface area contributed by atoms with Gasteiger partial charge in [0.05, 0.1) is 4.90 Å². The molecule has 0 aromatic heterocycles. The molecule has 0 aliphatic carbocycles. The minimum absolute atomic E-state index is 0.288. The van der Waals surface area contributed by atoms with Crippen LogP contribution in [0.1, 0.15) is 6.92 Å². The summed E-state index contributed by atoms with van der Waals surface area (Å²) < 4.78 is 31.7. The standard InChI is InChI=1S/C18H17NO5S/c1-3-5-12(6-4-2)18(21)19-14-7-8-16-13(9-14)10-15(11-17(16)20)25(22,23)24/h3-11,20H,1H2,2H3,(H,19,21)(H,22,23,24)/b6-4-,12-5+. The van der Waals surface area contributed by atoms with Crippen molar-refractivity contribution in [2.75, 3.05) is 5.32 Å². The van der Waals surface area contributed by atoms with Crippen LogP contribution in [0.4, 0.5) is 5.69 Å². The molecule has 2 aromatic rings. The third-order valence-electron chi connectivity index (χ3n) is 3.37. The summed E-state index contributed by atoms with van der Waals surface area (Å²) >= 11 is 0. The van der Waals surface area contributed by atoms with Gasteiger partial charge in [-0.1, -0.05) is 30.9 Å². The van der Waals surface area contributed by atoms with Crippen LogP contribution in [0.5, 0.6) is 5.75 Å². The second-order valence-electron chi connectivity index (χ2n) is 5.17. The minimum Gasteiger partial charge on any atom is -0.507 e. The number of aromatic hydroxyl groups is 1. The molecular formula is C18H17NO5S. The number of amides is 1. The van der Waals surface area contributed by atoms with Gasteiger partial charge in [0.25, 0.3) is 16.0 Å². The van der Waals surface area contributed by atoms with Crippen molar-refractivity contribution in [3.05, 3.63) is 66.8 Å². The SMILES string of the molecule is C=C/C=C(\C=C/C)C(=O)Nc1ccc2c(O)cc(S(=O)(=O)O)cc2c1. The fraction of sp³-hybridized carbons (Fsp3) is 0.0556. The van der Waals surface area contributed by atoms with Crippen LogP contribution in [0.25, 0.3) is 10.8 Å². The minimum atomic E-state index is -4.46. The molecule has 0 bridgehead atoms. The Morgan fingerprint density at radius 1 is 1.24 bits per heavy atom. The van der Waals surface area contributed by atoms with Gasteiger partial charge in [-0.2, -0.15) is 8.42 Å². The Morgan fingerprint density at radius 2 is 1.96 bits per heavy atom. The van der Waals surface area contributed by atoms with Crippen LogP contribution in [0, 0.1) is 0 Å². The average Bonchev–Trinajstić information content (AvgIpc) is 2.53. The van der Waals surface area contributed by atoms with Crippen molar-refractivity contribution in [1.82, 2.24) is 0 Å². The van der Waals surface area contributed by atoms with Gasteiger partial charge in [-0.05, 0) is 36.6 Å². The molecule has 0 saturated carbocycles. The van der Waals surface area contributed by atoms with Gasteiger partial charge >= 0.3 is 0 Å². The van der Waals surface area contributed by atoms with E-state index < -0.39 is 15.0 Å². The molecule has 0 saturated heterocycles. The fourth-order valence-electron chi connectivity index (χ4n) is 2.27.